The van der Waals surface area contributed by atoms with E-state index in [2.05, 4.69) is 10.6 Å². The first-order chi connectivity index (χ1) is 13.7. The monoisotopic (exact) mass is 396 g/mol. The van der Waals surface area contributed by atoms with Crippen molar-refractivity contribution < 1.29 is 14.3 Å². The normalized spacial score (nSPS) is 10.2. The van der Waals surface area contributed by atoms with E-state index >= 15 is 0 Å². The molecule has 0 unspecified atom stereocenters. The molecule has 0 radical (unpaired) electrons. The van der Waals surface area contributed by atoms with Crippen LogP contribution in [0.5, 0.6) is 11.5 Å². The van der Waals surface area contributed by atoms with Crippen LogP contribution in [0.25, 0.3) is 0 Å². The number of halogens is 1. The summed E-state index contributed by atoms with van der Waals surface area (Å²) in [4.78, 5) is 12.3. The number of carbonyl (C=O) groups excluding carboxylic acids is 1. The van der Waals surface area contributed by atoms with E-state index in [9.17, 15) is 4.79 Å². The van der Waals surface area contributed by atoms with Crippen molar-refractivity contribution in [2.24, 2.45) is 0 Å². The molecule has 144 valence electrons. The molecule has 5 nitrogen and oxygen atoms in total. The largest absolute Gasteiger partial charge is 0.490 e. The molecule has 0 fully saturated rings. The predicted molar refractivity (Wildman–Crippen MR) is 112 cm³/mol. The van der Waals surface area contributed by atoms with Gasteiger partial charge in [-0.05, 0) is 36.4 Å². The smallest absolute Gasteiger partial charge is 0.243 e. The van der Waals surface area contributed by atoms with Gasteiger partial charge in [0.25, 0.3) is 0 Å². The molecule has 0 bridgehead atoms. The van der Waals surface area contributed by atoms with Crippen LogP contribution in [-0.4, -0.2) is 25.7 Å². The number of benzene rings is 3. The molecule has 3 rings (SSSR count). The maximum atomic E-state index is 12.3. The fourth-order valence-corrected chi connectivity index (χ4v) is 2.70. The summed E-state index contributed by atoms with van der Waals surface area (Å²) < 4.78 is 11.4. The Morgan fingerprint density at radius 3 is 2.21 bits per heavy atom. The molecule has 0 aliphatic heterocycles. The van der Waals surface area contributed by atoms with Gasteiger partial charge >= 0.3 is 0 Å². The molecule has 1 amide bonds. The number of hydrogen-bond acceptors (Lipinski definition) is 4. The minimum absolute atomic E-state index is 0.0924. The van der Waals surface area contributed by atoms with E-state index < -0.39 is 0 Å². The second kappa shape index (κ2) is 10.2. The van der Waals surface area contributed by atoms with Gasteiger partial charge in [0, 0.05) is 0 Å². The molecule has 28 heavy (non-hydrogen) atoms. The van der Waals surface area contributed by atoms with Crippen LogP contribution in [-0.2, 0) is 4.79 Å². The van der Waals surface area contributed by atoms with Gasteiger partial charge in [-0.25, -0.2) is 0 Å². The van der Waals surface area contributed by atoms with Crippen molar-refractivity contribution in [3.05, 3.63) is 83.9 Å². The van der Waals surface area contributed by atoms with Crippen molar-refractivity contribution in [1.29, 1.82) is 0 Å². The summed E-state index contributed by atoms with van der Waals surface area (Å²) in [6, 6.07) is 24.1. The van der Waals surface area contributed by atoms with Crippen molar-refractivity contribution in [2.75, 3.05) is 30.4 Å². The van der Waals surface area contributed by atoms with Gasteiger partial charge in [0.15, 0.2) is 0 Å². The number of hydrogen-bond donors (Lipinski definition) is 2. The van der Waals surface area contributed by atoms with Crippen LogP contribution in [0.3, 0.4) is 0 Å². The van der Waals surface area contributed by atoms with Crippen molar-refractivity contribution >= 4 is 28.9 Å². The molecule has 3 aromatic carbocycles. The summed E-state index contributed by atoms with van der Waals surface area (Å²) in [6.07, 6.45) is 0. The standard InChI is InChI=1S/C22H21ClN2O3/c23-18-10-4-5-11-19(18)24-16-22(26)25-20-12-6-7-13-21(20)28-15-14-27-17-8-2-1-3-9-17/h1-13,24H,14-16H2,(H,25,26). The van der Waals surface area contributed by atoms with E-state index in [1.54, 1.807) is 18.2 Å². The summed E-state index contributed by atoms with van der Waals surface area (Å²) in [7, 11) is 0. The molecule has 0 saturated heterocycles. The zero-order valence-corrected chi connectivity index (χ0v) is 16.0. The molecular formula is C22H21ClN2O3. The first-order valence-electron chi connectivity index (χ1n) is 8.90. The Bertz CT molecular complexity index is 903. The highest BCUT2D eigenvalue weighted by molar-refractivity contribution is 6.33. The highest BCUT2D eigenvalue weighted by Crippen LogP contribution is 2.24. The molecule has 0 aromatic heterocycles. The fourth-order valence-electron chi connectivity index (χ4n) is 2.50. The predicted octanol–water partition coefficient (Wildman–Crippen LogP) is 4.85. The van der Waals surface area contributed by atoms with E-state index in [4.69, 9.17) is 21.1 Å². The van der Waals surface area contributed by atoms with Crippen molar-refractivity contribution in [3.8, 4) is 11.5 Å². The Balaban J connectivity index is 1.49. The number of ether oxygens (including phenoxy) is 2. The average Bonchev–Trinajstić information content (AvgIpc) is 2.72. The number of para-hydroxylation sites is 4. The molecule has 6 heteroatoms. The van der Waals surface area contributed by atoms with E-state index in [-0.39, 0.29) is 12.5 Å². The minimum Gasteiger partial charge on any atom is -0.490 e. The Hall–Kier alpha value is -3.18. The quantitative estimate of drug-likeness (QED) is 0.508. The third-order valence-electron chi connectivity index (χ3n) is 3.83. The van der Waals surface area contributed by atoms with E-state index in [1.807, 2.05) is 60.7 Å². The Morgan fingerprint density at radius 1 is 0.786 bits per heavy atom. The number of anilines is 2. The lowest BCUT2D eigenvalue weighted by Gasteiger charge is -2.14. The molecule has 0 aliphatic rings. The summed E-state index contributed by atoms with van der Waals surface area (Å²) in [6.45, 7) is 0.856. The zero-order valence-electron chi connectivity index (χ0n) is 15.2. The first kappa shape index (κ1) is 19.6. The van der Waals surface area contributed by atoms with Gasteiger partial charge in [0.1, 0.15) is 24.7 Å². The van der Waals surface area contributed by atoms with Crippen LogP contribution in [0, 0.1) is 0 Å². The lowest BCUT2D eigenvalue weighted by molar-refractivity contribution is -0.114. The molecule has 0 atom stereocenters. The van der Waals surface area contributed by atoms with Crippen molar-refractivity contribution in [1.82, 2.24) is 0 Å². The van der Waals surface area contributed by atoms with Crippen LogP contribution in [0.15, 0.2) is 78.9 Å². The van der Waals surface area contributed by atoms with E-state index in [0.29, 0.717) is 35.4 Å². The third kappa shape index (κ3) is 5.93. The lowest BCUT2D eigenvalue weighted by atomic mass is 10.3. The Kier molecular flexibility index (Phi) is 7.15. The van der Waals surface area contributed by atoms with Crippen molar-refractivity contribution in [3.63, 3.8) is 0 Å². The molecular weight excluding hydrogens is 376 g/mol. The SMILES string of the molecule is O=C(CNc1ccccc1Cl)Nc1ccccc1OCCOc1ccccc1. The highest BCUT2D eigenvalue weighted by Gasteiger charge is 2.08. The number of rotatable bonds is 9. The molecule has 0 saturated carbocycles. The summed E-state index contributed by atoms with van der Waals surface area (Å²) in [5.74, 6) is 1.18. The first-order valence-corrected chi connectivity index (χ1v) is 9.28. The van der Waals surface area contributed by atoms with Gasteiger partial charge in [-0.1, -0.05) is 54.1 Å². The van der Waals surface area contributed by atoms with Crippen LogP contribution in [0.1, 0.15) is 0 Å². The third-order valence-corrected chi connectivity index (χ3v) is 4.16. The lowest BCUT2D eigenvalue weighted by Crippen LogP contribution is -2.22. The molecule has 3 aromatic rings. The van der Waals surface area contributed by atoms with Gasteiger partial charge in [-0.3, -0.25) is 4.79 Å². The van der Waals surface area contributed by atoms with Gasteiger partial charge < -0.3 is 20.1 Å². The van der Waals surface area contributed by atoms with Crippen LogP contribution >= 0.6 is 11.6 Å². The second-order valence-electron chi connectivity index (χ2n) is 5.89. The van der Waals surface area contributed by atoms with Crippen LogP contribution in [0.2, 0.25) is 5.02 Å². The summed E-state index contributed by atoms with van der Waals surface area (Å²) in [5, 5.41) is 6.43. The molecule has 2 N–H and O–H groups in total. The number of carbonyl (C=O) groups is 1. The summed E-state index contributed by atoms with van der Waals surface area (Å²) in [5.41, 5.74) is 1.31. The molecule has 0 spiro atoms. The Labute approximate surface area is 169 Å². The second-order valence-corrected chi connectivity index (χ2v) is 6.29. The molecule has 0 aliphatic carbocycles. The van der Waals surface area contributed by atoms with E-state index in [1.165, 1.54) is 0 Å². The highest BCUT2D eigenvalue weighted by atomic mass is 35.5. The van der Waals surface area contributed by atoms with Gasteiger partial charge in [-0.15, -0.1) is 0 Å². The van der Waals surface area contributed by atoms with Gasteiger partial charge in [-0.2, -0.15) is 0 Å². The number of amides is 1. The Morgan fingerprint density at radius 2 is 1.43 bits per heavy atom. The average molecular weight is 397 g/mol. The number of nitrogens with one attached hydrogen (secondary N) is 2. The molecule has 0 heterocycles. The van der Waals surface area contributed by atoms with Crippen molar-refractivity contribution in [2.45, 2.75) is 0 Å². The van der Waals surface area contributed by atoms with E-state index in [0.717, 1.165) is 5.75 Å². The fraction of sp³-hybridized carbons (Fsp3) is 0.136. The summed E-state index contributed by atoms with van der Waals surface area (Å²) >= 11 is 6.08. The van der Waals surface area contributed by atoms with Crippen LogP contribution in [0.4, 0.5) is 11.4 Å². The maximum absolute atomic E-state index is 12.3. The van der Waals surface area contributed by atoms with Gasteiger partial charge in [0.2, 0.25) is 5.91 Å². The van der Waals surface area contributed by atoms with Crippen LogP contribution < -0.4 is 20.1 Å². The topological polar surface area (TPSA) is 59.6 Å². The van der Waals surface area contributed by atoms with Gasteiger partial charge in [0.05, 0.1) is 22.9 Å². The minimum atomic E-state index is -0.198. The maximum Gasteiger partial charge on any atom is 0.243 e. The zero-order chi connectivity index (χ0) is 19.6.